The number of aromatic nitrogens is 3. The SMILES string of the molecule is CN1CCCc2cc(O)cc(-c3ncc4c(N5C[C@H]6CC[C@@H](C5)N6)nc(OC[C@@]56CCCN5C[C@H](F)C6)nc4c3F)c21. The van der Waals surface area contributed by atoms with Gasteiger partial charge < -0.3 is 25.0 Å². The summed E-state index contributed by atoms with van der Waals surface area (Å²) in [6.07, 6.45) is 7.09. The van der Waals surface area contributed by atoms with Crippen molar-refractivity contribution in [2.45, 2.75) is 68.7 Å². The molecule has 42 heavy (non-hydrogen) atoms. The second-order valence-corrected chi connectivity index (χ2v) is 12.9. The third kappa shape index (κ3) is 4.26. The number of benzene rings is 1. The van der Waals surface area contributed by atoms with Crippen molar-refractivity contribution in [1.29, 1.82) is 0 Å². The number of rotatable bonds is 5. The van der Waals surface area contributed by atoms with Crippen LogP contribution >= 0.6 is 0 Å². The minimum atomic E-state index is -0.865. The Labute approximate surface area is 243 Å². The van der Waals surface area contributed by atoms with Crippen LogP contribution in [0.2, 0.25) is 0 Å². The maximum atomic E-state index is 16.7. The van der Waals surface area contributed by atoms with E-state index in [1.165, 1.54) is 0 Å². The van der Waals surface area contributed by atoms with Gasteiger partial charge in [0.2, 0.25) is 0 Å². The van der Waals surface area contributed by atoms with Crippen LogP contribution in [0.25, 0.3) is 22.2 Å². The molecule has 2 bridgehead atoms. The molecule has 5 aliphatic rings. The minimum Gasteiger partial charge on any atom is -0.508 e. The zero-order chi connectivity index (χ0) is 28.6. The Hall–Kier alpha value is -3.31. The Morgan fingerprint density at radius 2 is 1.95 bits per heavy atom. The molecule has 9 nitrogen and oxygen atoms in total. The molecule has 4 fully saturated rings. The molecule has 7 heterocycles. The van der Waals surface area contributed by atoms with Crippen LogP contribution in [0.1, 0.15) is 44.1 Å². The fourth-order valence-electron chi connectivity index (χ4n) is 8.25. The van der Waals surface area contributed by atoms with Gasteiger partial charge in [0, 0.05) is 69.2 Å². The van der Waals surface area contributed by atoms with E-state index in [1.54, 1.807) is 18.3 Å². The van der Waals surface area contributed by atoms with E-state index in [0.29, 0.717) is 41.8 Å². The Morgan fingerprint density at radius 3 is 2.79 bits per heavy atom. The fraction of sp³-hybridized carbons (Fsp3) is 0.581. The van der Waals surface area contributed by atoms with Crippen LogP contribution in [0.5, 0.6) is 11.8 Å². The summed E-state index contributed by atoms with van der Waals surface area (Å²) in [7, 11) is 1.99. The van der Waals surface area contributed by atoms with Crippen LogP contribution in [0, 0.1) is 5.82 Å². The van der Waals surface area contributed by atoms with Gasteiger partial charge >= 0.3 is 6.01 Å². The molecule has 0 amide bonds. The molecular weight excluding hydrogens is 540 g/mol. The van der Waals surface area contributed by atoms with Gasteiger partial charge in [-0.05, 0) is 62.8 Å². The van der Waals surface area contributed by atoms with Gasteiger partial charge in [-0.15, -0.1) is 0 Å². The molecule has 2 N–H and O–H groups in total. The van der Waals surface area contributed by atoms with Crippen molar-refractivity contribution in [3.05, 3.63) is 29.7 Å². The summed E-state index contributed by atoms with van der Waals surface area (Å²) >= 11 is 0. The maximum absolute atomic E-state index is 16.7. The molecule has 8 rings (SSSR count). The van der Waals surface area contributed by atoms with Crippen molar-refractivity contribution in [2.24, 2.45) is 0 Å². The molecule has 2 aromatic heterocycles. The molecule has 1 aromatic carbocycles. The largest absolute Gasteiger partial charge is 0.508 e. The lowest BCUT2D eigenvalue weighted by atomic mass is 9.95. The van der Waals surface area contributed by atoms with E-state index in [0.717, 1.165) is 76.0 Å². The number of anilines is 2. The van der Waals surface area contributed by atoms with E-state index in [9.17, 15) is 9.50 Å². The number of nitrogens with zero attached hydrogens (tertiary/aromatic N) is 6. The van der Waals surface area contributed by atoms with Crippen LogP contribution in [0.4, 0.5) is 20.3 Å². The Kier molecular flexibility index (Phi) is 6.19. The Morgan fingerprint density at radius 1 is 1.12 bits per heavy atom. The molecule has 4 atom stereocenters. The second kappa shape index (κ2) is 9.87. The summed E-state index contributed by atoms with van der Waals surface area (Å²) in [5, 5.41) is 14.7. The van der Waals surface area contributed by atoms with Crippen LogP contribution in [-0.2, 0) is 6.42 Å². The predicted molar refractivity (Wildman–Crippen MR) is 157 cm³/mol. The Balaban J connectivity index is 1.24. The number of piperazine rings is 1. The zero-order valence-corrected chi connectivity index (χ0v) is 24.0. The summed E-state index contributed by atoms with van der Waals surface area (Å²) < 4.78 is 37.4. The first-order valence-corrected chi connectivity index (χ1v) is 15.3. The zero-order valence-electron chi connectivity index (χ0n) is 24.0. The lowest BCUT2D eigenvalue weighted by Gasteiger charge is -2.34. The number of aryl methyl sites for hydroxylation is 1. The van der Waals surface area contributed by atoms with Crippen molar-refractivity contribution in [3.63, 3.8) is 0 Å². The highest BCUT2D eigenvalue weighted by Crippen LogP contribution is 2.43. The molecule has 0 saturated carbocycles. The molecule has 222 valence electrons. The van der Waals surface area contributed by atoms with Gasteiger partial charge in [-0.3, -0.25) is 9.88 Å². The van der Waals surface area contributed by atoms with Gasteiger partial charge in [0.05, 0.1) is 10.9 Å². The topological polar surface area (TPSA) is 89.9 Å². The summed E-state index contributed by atoms with van der Waals surface area (Å²) in [4.78, 5) is 20.6. The van der Waals surface area contributed by atoms with Crippen LogP contribution < -0.4 is 19.9 Å². The molecule has 4 saturated heterocycles. The molecule has 0 radical (unpaired) electrons. The Bertz CT molecular complexity index is 1540. The van der Waals surface area contributed by atoms with Crippen molar-refractivity contribution in [3.8, 4) is 23.0 Å². The smallest absolute Gasteiger partial charge is 0.319 e. The number of alkyl halides is 1. The number of phenols is 1. The van der Waals surface area contributed by atoms with Crippen LogP contribution in [0.15, 0.2) is 18.3 Å². The molecule has 0 unspecified atom stereocenters. The van der Waals surface area contributed by atoms with E-state index in [1.807, 2.05) is 7.05 Å². The lowest BCUT2D eigenvalue weighted by Crippen LogP contribution is -2.51. The second-order valence-electron chi connectivity index (χ2n) is 12.9. The standard InChI is InChI=1S/C31H37F2N7O2/c1-38-8-2-4-18-10-22(41)11-23(28(18)38)26-25(33)27-24(13-34-26)29(39-15-20-5-6-21(16-39)35-20)37-30(36-27)42-17-31-7-3-9-40(31)14-19(32)12-31/h10-11,13,19-21,35,41H,2-9,12,14-17H2,1H3/t19-,20-,21+,31+/m1/s1. The van der Waals surface area contributed by atoms with E-state index < -0.39 is 12.0 Å². The monoisotopic (exact) mass is 577 g/mol. The van der Waals surface area contributed by atoms with Crippen LogP contribution in [-0.4, -0.2) is 95.1 Å². The van der Waals surface area contributed by atoms with Crippen molar-refractivity contribution < 1.29 is 18.6 Å². The summed E-state index contributed by atoms with van der Waals surface area (Å²) in [6, 6.07) is 4.17. The number of hydrogen-bond acceptors (Lipinski definition) is 9. The average Bonchev–Trinajstić information content (AvgIpc) is 3.61. The fourth-order valence-corrected chi connectivity index (χ4v) is 8.25. The van der Waals surface area contributed by atoms with Crippen LogP contribution in [0.3, 0.4) is 0 Å². The molecule has 0 spiro atoms. The third-order valence-corrected chi connectivity index (χ3v) is 10.1. The normalized spacial score (nSPS) is 28.9. The first kappa shape index (κ1) is 26.3. The van der Waals surface area contributed by atoms with Gasteiger partial charge in [-0.2, -0.15) is 9.97 Å². The highest BCUT2D eigenvalue weighted by molar-refractivity contribution is 5.94. The third-order valence-electron chi connectivity index (χ3n) is 10.1. The van der Waals surface area contributed by atoms with Gasteiger partial charge in [0.1, 0.15) is 35.6 Å². The molecular formula is C31H37F2N7O2. The van der Waals surface area contributed by atoms with E-state index in [2.05, 4.69) is 30.0 Å². The van der Waals surface area contributed by atoms with E-state index in [-0.39, 0.29) is 35.1 Å². The highest BCUT2D eigenvalue weighted by Gasteiger charge is 2.49. The van der Waals surface area contributed by atoms with E-state index in [4.69, 9.17) is 9.72 Å². The lowest BCUT2D eigenvalue weighted by molar-refractivity contribution is 0.107. The van der Waals surface area contributed by atoms with Crippen molar-refractivity contribution in [2.75, 3.05) is 56.2 Å². The van der Waals surface area contributed by atoms with Crippen molar-refractivity contribution in [1.82, 2.24) is 25.2 Å². The molecule has 0 aliphatic carbocycles. The number of ether oxygens (including phenoxy) is 1. The van der Waals surface area contributed by atoms with Crippen molar-refractivity contribution >= 4 is 22.4 Å². The summed E-state index contributed by atoms with van der Waals surface area (Å²) in [6.45, 7) is 3.94. The summed E-state index contributed by atoms with van der Waals surface area (Å²) in [5.74, 6) is 0.153. The maximum Gasteiger partial charge on any atom is 0.319 e. The predicted octanol–water partition coefficient (Wildman–Crippen LogP) is 3.81. The average molecular weight is 578 g/mol. The highest BCUT2D eigenvalue weighted by atomic mass is 19.1. The number of halogens is 2. The summed E-state index contributed by atoms with van der Waals surface area (Å²) in [5.41, 5.74) is 2.35. The number of hydrogen-bond donors (Lipinski definition) is 2. The molecule has 11 heteroatoms. The number of pyridine rings is 1. The van der Waals surface area contributed by atoms with Gasteiger partial charge in [0.25, 0.3) is 0 Å². The minimum absolute atomic E-state index is 0.0899. The number of fused-ring (bicyclic) bond motifs is 5. The van der Waals surface area contributed by atoms with Gasteiger partial charge in [0.15, 0.2) is 5.82 Å². The molecule has 5 aliphatic heterocycles. The molecule has 3 aromatic rings. The first-order valence-electron chi connectivity index (χ1n) is 15.3. The number of phenolic OH excluding ortho intramolecular Hbond substituents is 1. The first-order chi connectivity index (χ1) is 20.4. The van der Waals surface area contributed by atoms with E-state index >= 15 is 4.39 Å². The van der Waals surface area contributed by atoms with Gasteiger partial charge in [-0.25, -0.2) is 8.78 Å². The number of nitrogens with one attached hydrogen (secondary N) is 1. The quantitative estimate of drug-likeness (QED) is 0.470. The van der Waals surface area contributed by atoms with Gasteiger partial charge in [-0.1, -0.05) is 0 Å². The number of aromatic hydroxyl groups is 1.